The fraction of sp³-hybridized carbons (Fsp3) is 0.550. The molecule has 0 saturated carbocycles. The van der Waals surface area contributed by atoms with E-state index in [2.05, 4.69) is 29.1 Å². The molecule has 1 N–H and O–H groups in total. The highest BCUT2D eigenvalue weighted by molar-refractivity contribution is 5.88. The number of aromatic amines is 1. The third-order valence-corrected chi connectivity index (χ3v) is 6.51. The second-order valence-electron chi connectivity index (χ2n) is 7.89. The average Bonchev–Trinajstić information content (AvgIpc) is 3.14. The predicted octanol–water partition coefficient (Wildman–Crippen LogP) is 1.70. The van der Waals surface area contributed by atoms with Crippen LogP contribution in [0.5, 0.6) is 0 Å². The van der Waals surface area contributed by atoms with Crippen molar-refractivity contribution >= 4 is 16.9 Å². The molecule has 0 bridgehead atoms. The van der Waals surface area contributed by atoms with E-state index in [1.165, 1.54) is 7.11 Å². The fourth-order valence-corrected chi connectivity index (χ4v) is 5.22. The molecule has 0 unspecified atom stereocenters. The van der Waals surface area contributed by atoms with Crippen LogP contribution in [0.25, 0.3) is 10.9 Å². The molecule has 3 saturated heterocycles. The Bertz CT molecular complexity index is 831. The highest BCUT2D eigenvalue weighted by Crippen LogP contribution is 2.57. The number of H-pyrrole nitrogens is 1. The smallest absolute Gasteiger partial charge is 0.320 e. The topological polar surface area (TPSA) is 67.1 Å². The van der Waals surface area contributed by atoms with Crippen LogP contribution in [0.2, 0.25) is 0 Å². The molecule has 5 rings (SSSR count). The average molecular weight is 356 g/mol. The molecule has 3 aliphatic heterocycles. The summed E-state index contributed by atoms with van der Waals surface area (Å²) < 4.78 is 17.5. The van der Waals surface area contributed by atoms with Gasteiger partial charge in [-0.2, -0.15) is 0 Å². The molecule has 4 heterocycles. The van der Waals surface area contributed by atoms with Gasteiger partial charge in [0.15, 0.2) is 0 Å². The van der Waals surface area contributed by atoms with Gasteiger partial charge in [0.25, 0.3) is 0 Å². The minimum Gasteiger partial charge on any atom is -0.468 e. The van der Waals surface area contributed by atoms with E-state index in [0.717, 1.165) is 36.1 Å². The predicted molar refractivity (Wildman–Crippen MR) is 96.0 cm³/mol. The van der Waals surface area contributed by atoms with Crippen molar-refractivity contribution in [1.29, 1.82) is 0 Å². The molecule has 0 radical (unpaired) electrons. The third-order valence-electron chi connectivity index (χ3n) is 6.51. The third kappa shape index (κ3) is 2.06. The number of para-hydroxylation sites is 1. The molecule has 138 valence electrons. The number of carbonyl (C=O) groups is 1. The van der Waals surface area contributed by atoms with Crippen molar-refractivity contribution in [1.82, 2.24) is 9.88 Å². The number of esters is 1. The number of fused-ring (bicyclic) bond motifs is 1. The maximum Gasteiger partial charge on any atom is 0.320 e. The highest BCUT2D eigenvalue weighted by Gasteiger charge is 2.72. The lowest BCUT2D eigenvalue weighted by Crippen LogP contribution is -2.58. The molecule has 0 amide bonds. The summed E-state index contributed by atoms with van der Waals surface area (Å²) in [5, 5.41) is 1.09. The zero-order valence-electron chi connectivity index (χ0n) is 15.2. The zero-order chi connectivity index (χ0) is 17.9. The number of epoxide rings is 1. The standard InChI is InChI=1S/C20H24N2O4/c1-22-8-7-15-19(18(23)24-2,12-25-10-17-20(15,11-22)26-17)16-9-13-5-3-4-6-14(13)21-16/h3-6,9,15,17,21H,7-8,10-12H2,1-2H3/t15-,17-,19+,20+/m1/s1. The first-order valence-corrected chi connectivity index (χ1v) is 9.21. The van der Waals surface area contributed by atoms with Crippen LogP contribution in [0.1, 0.15) is 12.1 Å². The minimum atomic E-state index is -0.875. The molecular formula is C20H24N2O4. The van der Waals surface area contributed by atoms with Crippen LogP contribution in [0.3, 0.4) is 0 Å². The molecule has 26 heavy (non-hydrogen) atoms. The lowest BCUT2D eigenvalue weighted by molar-refractivity contribution is -0.156. The first-order chi connectivity index (χ1) is 12.6. The van der Waals surface area contributed by atoms with Crippen LogP contribution < -0.4 is 0 Å². The summed E-state index contributed by atoms with van der Waals surface area (Å²) in [6.45, 7) is 2.61. The number of rotatable bonds is 2. The summed E-state index contributed by atoms with van der Waals surface area (Å²) in [7, 11) is 3.57. The summed E-state index contributed by atoms with van der Waals surface area (Å²) >= 11 is 0. The monoisotopic (exact) mass is 356 g/mol. The molecule has 3 fully saturated rings. The Morgan fingerprint density at radius 1 is 1.38 bits per heavy atom. The van der Waals surface area contributed by atoms with Crippen LogP contribution in [-0.2, 0) is 24.4 Å². The SMILES string of the molecule is COC(=O)[C@@]1(c2cc3ccccc3[nH]2)COC[C@H]2O[C@]23CN(C)CC[C@@H]31. The van der Waals surface area contributed by atoms with Gasteiger partial charge in [-0.1, -0.05) is 18.2 Å². The van der Waals surface area contributed by atoms with Gasteiger partial charge >= 0.3 is 5.97 Å². The number of methoxy groups -OCH3 is 1. The van der Waals surface area contributed by atoms with Gasteiger partial charge < -0.3 is 24.1 Å². The molecule has 6 heteroatoms. The van der Waals surface area contributed by atoms with Gasteiger partial charge in [0, 0.05) is 23.7 Å². The van der Waals surface area contributed by atoms with Gasteiger partial charge in [0.1, 0.15) is 17.1 Å². The second-order valence-corrected chi connectivity index (χ2v) is 7.89. The number of ether oxygens (including phenoxy) is 3. The summed E-state index contributed by atoms with van der Waals surface area (Å²) in [6.07, 6.45) is 0.937. The Kier molecular flexibility index (Phi) is 3.48. The molecule has 3 aliphatic rings. The number of nitrogens with zero attached hydrogens (tertiary/aromatic N) is 1. The van der Waals surface area contributed by atoms with Crippen molar-refractivity contribution < 1.29 is 19.0 Å². The van der Waals surface area contributed by atoms with Crippen LogP contribution in [-0.4, -0.2) is 68.0 Å². The number of nitrogens with one attached hydrogen (secondary N) is 1. The lowest BCUT2D eigenvalue weighted by atomic mass is 9.64. The normalized spacial score (nSPS) is 36.8. The van der Waals surface area contributed by atoms with Crippen LogP contribution >= 0.6 is 0 Å². The molecule has 1 aromatic heterocycles. The first-order valence-electron chi connectivity index (χ1n) is 9.21. The number of piperidine rings is 1. The first kappa shape index (κ1) is 16.3. The molecule has 2 aromatic rings. The van der Waals surface area contributed by atoms with E-state index in [0.29, 0.717) is 13.2 Å². The van der Waals surface area contributed by atoms with Crippen molar-refractivity contribution in [3.63, 3.8) is 0 Å². The van der Waals surface area contributed by atoms with E-state index < -0.39 is 5.41 Å². The van der Waals surface area contributed by atoms with Gasteiger partial charge in [-0.15, -0.1) is 0 Å². The number of hydrogen-bond acceptors (Lipinski definition) is 5. The van der Waals surface area contributed by atoms with E-state index in [1.807, 2.05) is 18.2 Å². The van der Waals surface area contributed by atoms with Crippen molar-refractivity contribution in [2.75, 3.05) is 40.5 Å². The molecule has 1 spiro atoms. The lowest BCUT2D eigenvalue weighted by Gasteiger charge is -2.44. The molecule has 4 atom stereocenters. The van der Waals surface area contributed by atoms with E-state index in [4.69, 9.17) is 14.2 Å². The number of likely N-dealkylation sites (N-methyl/N-ethyl adjacent to an activating group) is 1. The van der Waals surface area contributed by atoms with Crippen LogP contribution in [0.4, 0.5) is 0 Å². The summed E-state index contributed by atoms with van der Waals surface area (Å²) in [5.74, 6) is -0.214. The number of benzene rings is 1. The van der Waals surface area contributed by atoms with Crippen molar-refractivity contribution in [3.05, 3.63) is 36.0 Å². The van der Waals surface area contributed by atoms with Gasteiger partial charge in [-0.25, -0.2) is 0 Å². The van der Waals surface area contributed by atoms with Crippen molar-refractivity contribution in [2.24, 2.45) is 5.92 Å². The summed E-state index contributed by atoms with van der Waals surface area (Å²) in [5.41, 5.74) is 0.691. The molecule has 1 aromatic carbocycles. The molecule has 0 aliphatic carbocycles. The van der Waals surface area contributed by atoms with Gasteiger partial charge in [-0.3, -0.25) is 4.79 Å². The van der Waals surface area contributed by atoms with Crippen LogP contribution in [0.15, 0.2) is 30.3 Å². The van der Waals surface area contributed by atoms with E-state index >= 15 is 0 Å². The highest BCUT2D eigenvalue weighted by atomic mass is 16.6. The Morgan fingerprint density at radius 2 is 2.23 bits per heavy atom. The van der Waals surface area contributed by atoms with Gasteiger partial charge in [0.05, 0.1) is 20.3 Å². The Balaban J connectivity index is 1.70. The number of likely N-dealkylation sites (tertiary alicyclic amines) is 1. The molecular weight excluding hydrogens is 332 g/mol. The number of aromatic nitrogens is 1. The maximum atomic E-state index is 13.2. The number of carbonyl (C=O) groups excluding carboxylic acids is 1. The van der Waals surface area contributed by atoms with Crippen molar-refractivity contribution in [3.8, 4) is 0 Å². The van der Waals surface area contributed by atoms with E-state index in [-0.39, 0.29) is 23.6 Å². The van der Waals surface area contributed by atoms with E-state index in [9.17, 15) is 4.79 Å². The second kappa shape index (κ2) is 5.55. The Hall–Kier alpha value is -1.89. The largest absolute Gasteiger partial charge is 0.468 e. The molecule has 6 nitrogen and oxygen atoms in total. The van der Waals surface area contributed by atoms with Crippen molar-refractivity contribution in [2.45, 2.75) is 23.5 Å². The maximum absolute atomic E-state index is 13.2. The van der Waals surface area contributed by atoms with Gasteiger partial charge in [0.2, 0.25) is 0 Å². The quantitative estimate of drug-likeness (QED) is 0.655. The van der Waals surface area contributed by atoms with Gasteiger partial charge in [-0.05, 0) is 37.5 Å². The summed E-state index contributed by atoms with van der Waals surface area (Å²) in [6, 6.07) is 10.2. The zero-order valence-corrected chi connectivity index (χ0v) is 15.2. The minimum absolute atomic E-state index is 0.0270. The van der Waals surface area contributed by atoms with E-state index in [1.54, 1.807) is 0 Å². The summed E-state index contributed by atoms with van der Waals surface area (Å²) in [4.78, 5) is 19.0. The Morgan fingerprint density at radius 3 is 3.04 bits per heavy atom. The number of hydrogen-bond donors (Lipinski definition) is 1. The Labute approximate surface area is 152 Å². The fourth-order valence-electron chi connectivity index (χ4n) is 5.22. The van der Waals surface area contributed by atoms with Crippen LogP contribution in [0, 0.1) is 5.92 Å².